The van der Waals surface area contributed by atoms with Gasteiger partial charge < -0.3 is 10.1 Å². The lowest BCUT2D eigenvalue weighted by Gasteiger charge is -2.18. The van der Waals surface area contributed by atoms with E-state index in [9.17, 15) is 13.2 Å². The summed E-state index contributed by atoms with van der Waals surface area (Å²) in [7, 11) is -3.72. The molecule has 0 aliphatic carbocycles. The molecule has 6 nitrogen and oxygen atoms in total. The van der Waals surface area contributed by atoms with Crippen LogP contribution in [0.15, 0.2) is 77.7 Å². The Bertz CT molecular complexity index is 1140. The van der Waals surface area contributed by atoms with Crippen molar-refractivity contribution in [3.63, 3.8) is 0 Å². The molecule has 0 unspecified atom stereocenters. The number of amides is 1. The standard InChI is InChI=1S/C24H26N2O4S/c1-4-23(30-21-7-5-6-18(3)16-21)24(27)25-19-12-14-22(15-13-19)31(28,29)26-20-10-8-17(2)9-11-20/h5-16,23,26H,4H2,1-3H3,(H,25,27)/t23-/m0/s1. The lowest BCUT2D eigenvalue weighted by Crippen LogP contribution is -2.32. The van der Waals surface area contributed by atoms with Crippen molar-refractivity contribution in [3.05, 3.63) is 83.9 Å². The molecule has 1 amide bonds. The first kappa shape index (κ1) is 22.4. The van der Waals surface area contributed by atoms with Gasteiger partial charge in [-0.25, -0.2) is 8.42 Å². The molecule has 31 heavy (non-hydrogen) atoms. The summed E-state index contributed by atoms with van der Waals surface area (Å²) in [5.74, 6) is 0.336. The number of ether oxygens (including phenoxy) is 1. The van der Waals surface area contributed by atoms with Crippen LogP contribution in [0.5, 0.6) is 5.75 Å². The van der Waals surface area contributed by atoms with Crippen molar-refractivity contribution >= 4 is 27.3 Å². The summed E-state index contributed by atoms with van der Waals surface area (Å²) in [4.78, 5) is 12.7. The summed E-state index contributed by atoms with van der Waals surface area (Å²) in [5.41, 5.74) is 3.07. The number of anilines is 2. The Morgan fingerprint density at radius 2 is 1.55 bits per heavy atom. The smallest absolute Gasteiger partial charge is 0.265 e. The highest BCUT2D eigenvalue weighted by molar-refractivity contribution is 7.92. The third kappa shape index (κ3) is 6.08. The Morgan fingerprint density at radius 1 is 0.903 bits per heavy atom. The summed E-state index contributed by atoms with van der Waals surface area (Å²) in [6.45, 7) is 5.75. The van der Waals surface area contributed by atoms with E-state index in [1.54, 1.807) is 24.3 Å². The Labute approximate surface area is 183 Å². The van der Waals surface area contributed by atoms with Crippen LogP contribution in [0.25, 0.3) is 0 Å². The molecule has 0 radical (unpaired) electrons. The molecule has 0 spiro atoms. The summed E-state index contributed by atoms with van der Waals surface area (Å²) in [6.07, 6.45) is -0.166. The SMILES string of the molecule is CC[C@H](Oc1cccc(C)c1)C(=O)Nc1ccc(S(=O)(=O)Nc2ccc(C)cc2)cc1. The number of nitrogens with one attached hydrogen (secondary N) is 2. The Hall–Kier alpha value is -3.32. The third-order valence-corrected chi connectivity index (χ3v) is 6.06. The van der Waals surface area contributed by atoms with Crippen molar-refractivity contribution in [2.45, 2.75) is 38.2 Å². The molecular weight excluding hydrogens is 412 g/mol. The van der Waals surface area contributed by atoms with Gasteiger partial charge in [-0.15, -0.1) is 0 Å². The Balaban J connectivity index is 1.66. The van der Waals surface area contributed by atoms with E-state index in [0.717, 1.165) is 11.1 Å². The van der Waals surface area contributed by atoms with E-state index in [0.29, 0.717) is 23.5 Å². The van der Waals surface area contributed by atoms with Crippen LogP contribution in [-0.2, 0) is 14.8 Å². The quantitative estimate of drug-likeness (QED) is 0.524. The predicted octanol–water partition coefficient (Wildman–Crippen LogP) is 4.90. The molecule has 3 aromatic carbocycles. The highest BCUT2D eigenvalue weighted by Gasteiger charge is 2.19. The molecule has 3 rings (SSSR count). The lowest BCUT2D eigenvalue weighted by molar-refractivity contribution is -0.122. The normalized spacial score (nSPS) is 12.1. The molecular formula is C24H26N2O4S. The van der Waals surface area contributed by atoms with Gasteiger partial charge in [0.05, 0.1) is 4.90 Å². The van der Waals surface area contributed by atoms with Crippen molar-refractivity contribution in [2.24, 2.45) is 0 Å². The van der Waals surface area contributed by atoms with E-state index in [-0.39, 0.29) is 10.8 Å². The van der Waals surface area contributed by atoms with E-state index in [2.05, 4.69) is 10.0 Å². The van der Waals surface area contributed by atoms with Crippen molar-refractivity contribution in [2.75, 3.05) is 10.0 Å². The van der Waals surface area contributed by atoms with Gasteiger partial charge in [-0.05, 0) is 74.4 Å². The average molecular weight is 439 g/mol. The minimum absolute atomic E-state index is 0.106. The van der Waals surface area contributed by atoms with Crippen LogP contribution in [0.1, 0.15) is 24.5 Å². The van der Waals surface area contributed by atoms with Crippen LogP contribution >= 0.6 is 0 Å². The first-order chi connectivity index (χ1) is 14.8. The summed E-state index contributed by atoms with van der Waals surface area (Å²) in [5, 5.41) is 2.78. The largest absolute Gasteiger partial charge is 0.481 e. The van der Waals surface area contributed by atoms with Gasteiger partial charge in [0.15, 0.2) is 6.10 Å². The van der Waals surface area contributed by atoms with Crippen LogP contribution in [0.3, 0.4) is 0 Å². The second-order valence-electron chi connectivity index (χ2n) is 7.32. The lowest BCUT2D eigenvalue weighted by atomic mass is 10.2. The number of hydrogen-bond donors (Lipinski definition) is 2. The molecule has 0 aliphatic rings. The van der Waals surface area contributed by atoms with E-state index < -0.39 is 16.1 Å². The molecule has 0 heterocycles. The fourth-order valence-corrected chi connectivity index (χ4v) is 4.01. The molecule has 3 aromatic rings. The topological polar surface area (TPSA) is 84.5 Å². The van der Waals surface area contributed by atoms with Crippen molar-refractivity contribution in [1.82, 2.24) is 0 Å². The highest BCUT2D eigenvalue weighted by atomic mass is 32.2. The third-order valence-electron chi connectivity index (χ3n) is 4.67. The van der Waals surface area contributed by atoms with Crippen LogP contribution < -0.4 is 14.8 Å². The molecule has 0 saturated carbocycles. The number of aryl methyl sites for hydroxylation is 2. The molecule has 0 fully saturated rings. The van der Waals surface area contributed by atoms with E-state index >= 15 is 0 Å². The summed E-state index contributed by atoms with van der Waals surface area (Å²) >= 11 is 0. The van der Waals surface area contributed by atoms with Gasteiger partial charge in [-0.2, -0.15) is 0 Å². The van der Waals surface area contributed by atoms with Crippen molar-refractivity contribution in [3.8, 4) is 5.75 Å². The van der Waals surface area contributed by atoms with Crippen LogP contribution in [0.2, 0.25) is 0 Å². The maximum atomic E-state index is 12.6. The van der Waals surface area contributed by atoms with Gasteiger partial charge in [-0.3, -0.25) is 9.52 Å². The molecule has 0 aromatic heterocycles. The number of rotatable bonds is 8. The second-order valence-corrected chi connectivity index (χ2v) is 9.00. The van der Waals surface area contributed by atoms with E-state index in [1.807, 2.05) is 57.2 Å². The molecule has 162 valence electrons. The molecule has 0 aliphatic heterocycles. The fraction of sp³-hybridized carbons (Fsp3) is 0.208. The number of hydrogen-bond acceptors (Lipinski definition) is 4. The fourth-order valence-electron chi connectivity index (χ4n) is 2.95. The zero-order chi connectivity index (χ0) is 22.4. The second kappa shape index (κ2) is 9.66. The zero-order valence-corrected chi connectivity index (χ0v) is 18.6. The van der Waals surface area contributed by atoms with Gasteiger partial charge in [0.1, 0.15) is 5.75 Å². The molecule has 0 bridgehead atoms. The minimum Gasteiger partial charge on any atom is -0.481 e. The molecule has 0 saturated heterocycles. The number of carbonyl (C=O) groups is 1. The monoisotopic (exact) mass is 438 g/mol. The summed E-state index contributed by atoms with van der Waals surface area (Å²) in [6, 6.07) is 20.6. The van der Waals surface area contributed by atoms with Crippen LogP contribution in [-0.4, -0.2) is 20.4 Å². The van der Waals surface area contributed by atoms with E-state index in [1.165, 1.54) is 12.1 Å². The zero-order valence-electron chi connectivity index (χ0n) is 17.8. The van der Waals surface area contributed by atoms with Crippen molar-refractivity contribution in [1.29, 1.82) is 0 Å². The molecule has 1 atom stereocenters. The van der Waals surface area contributed by atoms with Crippen LogP contribution in [0.4, 0.5) is 11.4 Å². The van der Waals surface area contributed by atoms with Gasteiger partial charge in [0.2, 0.25) is 0 Å². The average Bonchev–Trinajstić information content (AvgIpc) is 2.74. The first-order valence-electron chi connectivity index (χ1n) is 10.0. The van der Waals surface area contributed by atoms with Gasteiger partial charge in [0.25, 0.3) is 15.9 Å². The highest BCUT2D eigenvalue weighted by Crippen LogP contribution is 2.20. The van der Waals surface area contributed by atoms with Crippen molar-refractivity contribution < 1.29 is 17.9 Å². The maximum absolute atomic E-state index is 12.6. The maximum Gasteiger partial charge on any atom is 0.265 e. The number of sulfonamides is 1. The predicted molar refractivity (Wildman–Crippen MR) is 123 cm³/mol. The Kier molecular flexibility index (Phi) is 6.97. The van der Waals surface area contributed by atoms with E-state index in [4.69, 9.17) is 4.74 Å². The van der Waals surface area contributed by atoms with Crippen LogP contribution in [0, 0.1) is 13.8 Å². The van der Waals surface area contributed by atoms with Gasteiger partial charge in [0, 0.05) is 11.4 Å². The summed E-state index contributed by atoms with van der Waals surface area (Å²) < 4.78 is 33.5. The Morgan fingerprint density at radius 3 is 2.16 bits per heavy atom. The number of benzene rings is 3. The van der Waals surface area contributed by atoms with Gasteiger partial charge >= 0.3 is 0 Å². The molecule has 2 N–H and O–H groups in total. The number of carbonyl (C=O) groups excluding carboxylic acids is 1. The minimum atomic E-state index is -3.72. The first-order valence-corrected chi connectivity index (χ1v) is 11.5. The van der Waals surface area contributed by atoms with Gasteiger partial charge in [-0.1, -0.05) is 36.8 Å². The molecule has 7 heteroatoms.